The van der Waals surface area contributed by atoms with Crippen LogP contribution in [-0.4, -0.2) is 33.2 Å². The average Bonchev–Trinajstić information content (AvgIpc) is 2.79. The molecule has 0 spiro atoms. The Kier molecular flexibility index (Phi) is 4.37. The van der Waals surface area contributed by atoms with Crippen LogP contribution >= 0.6 is 0 Å². The average molecular weight is 309 g/mol. The number of benzene rings is 1. The minimum Gasteiger partial charge on any atom is -0.497 e. The second kappa shape index (κ2) is 5.89. The maximum Gasteiger partial charge on any atom is 0.230 e. The van der Waals surface area contributed by atoms with Crippen molar-refractivity contribution in [2.75, 3.05) is 17.8 Å². The topological polar surface area (TPSA) is 63.7 Å². The predicted octanol–water partition coefficient (Wildman–Crippen LogP) is 1.99. The summed E-state index contributed by atoms with van der Waals surface area (Å²) in [4.78, 5) is 14.0. The number of anilines is 1. The van der Waals surface area contributed by atoms with E-state index in [1.54, 1.807) is 56.2 Å². The molecule has 0 radical (unpaired) electrons. The Morgan fingerprint density at radius 2 is 1.90 bits per heavy atom. The maximum atomic E-state index is 12.5. The fourth-order valence-electron chi connectivity index (χ4n) is 2.22. The van der Waals surface area contributed by atoms with E-state index in [4.69, 9.17) is 4.74 Å². The van der Waals surface area contributed by atoms with Gasteiger partial charge in [0.25, 0.3) is 0 Å². The maximum absolute atomic E-state index is 12.5. The Bertz CT molecular complexity index is 647. The van der Waals surface area contributed by atoms with Gasteiger partial charge in [-0.2, -0.15) is 0 Å². The van der Waals surface area contributed by atoms with Gasteiger partial charge in [0.05, 0.1) is 18.9 Å². The zero-order valence-corrected chi connectivity index (χ0v) is 13.1. The third-order valence-corrected chi connectivity index (χ3v) is 4.70. The largest absolute Gasteiger partial charge is 0.497 e. The highest BCUT2D eigenvalue weighted by Crippen LogP contribution is 2.26. The number of hydrogen-bond donors (Lipinski definition) is 0. The number of hydrogen-bond acceptors (Lipinski definition) is 4. The lowest BCUT2D eigenvalue weighted by atomic mass is 10.1. The van der Waals surface area contributed by atoms with Crippen LogP contribution in [0.5, 0.6) is 5.75 Å². The minimum atomic E-state index is -3.22. The first kappa shape index (κ1) is 15.6. The number of nitrogens with zero attached hydrogens (tertiary/aromatic N) is 1. The molecule has 114 valence electrons. The summed E-state index contributed by atoms with van der Waals surface area (Å²) >= 11 is 0. The van der Waals surface area contributed by atoms with E-state index in [9.17, 15) is 13.2 Å². The second-order valence-electron chi connectivity index (χ2n) is 5.29. The van der Waals surface area contributed by atoms with Gasteiger partial charge in [0, 0.05) is 17.0 Å². The molecule has 1 heterocycles. The normalized spacial score (nSPS) is 19.7. The van der Waals surface area contributed by atoms with E-state index in [1.807, 2.05) is 0 Å². The van der Waals surface area contributed by atoms with Gasteiger partial charge in [-0.15, -0.1) is 0 Å². The van der Waals surface area contributed by atoms with E-state index < -0.39 is 15.9 Å². The van der Waals surface area contributed by atoms with Crippen LogP contribution < -0.4 is 9.64 Å². The summed E-state index contributed by atoms with van der Waals surface area (Å²) < 4.78 is 28.4. The van der Waals surface area contributed by atoms with Gasteiger partial charge in [-0.3, -0.25) is 4.79 Å². The molecule has 0 aliphatic carbocycles. The van der Waals surface area contributed by atoms with Crippen molar-refractivity contribution in [2.45, 2.75) is 19.9 Å². The van der Waals surface area contributed by atoms with Crippen LogP contribution in [0.4, 0.5) is 5.69 Å². The molecule has 21 heavy (non-hydrogen) atoms. The van der Waals surface area contributed by atoms with Crippen molar-refractivity contribution in [1.29, 1.82) is 0 Å². The molecule has 0 unspecified atom stereocenters. The lowest BCUT2D eigenvalue weighted by Crippen LogP contribution is -2.43. The van der Waals surface area contributed by atoms with Crippen LogP contribution in [0.15, 0.2) is 35.7 Å². The Hall–Kier alpha value is -1.82. The first-order chi connectivity index (χ1) is 9.84. The van der Waals surface area contributed by atoms with Crippen LogP contribution in [0.2, 0.25) is 0 Å². The lowest BCUT2D eigenvalue weighted by Gasteiger charge is -2.29. The molecular weight excluding hydrogens is 290 g/mol. The molecule has 0 bridgehead atoms. The first-order valence-electron chi connectivity index (χ1n) is 6.72. The van der Waals surface area contributed by atoms with E-state index in [2.05, 4.69) is 0 Å². The SMILES string of the molecule is COc1ccc(N(C(=O)C(C)C)[C@@H]2C=CS(=O)(=O)C2)cc1. The summed E-state index contributed by atoms with van der Waals surface area (Å²) in [5.41, 5.74) is 0.668. The molecule has 0 saturated heterocycles. The molecule has 5 nitrogen and oxygen atoms in total. The van der Waals surface area contributed by atoms with E-state index in [1.165, 1.54) is 5.41 Å². The number of amides is 1. The first-order valence-corrected chi connectivity index (χ1v) is 8.43. The molecule has 1 atom stereocenters. The fraction of sp³-hybridized carbons (Fsp3) is 0.400. The number of sulfone groups is 1. The molecule has 1 aliphatic rings. The second-order valence-corrected chi connectivity index (χ2v) is 7.22. The summed E-state index contributed by atoms with van der Waals surface area (Å²) in [6.07, 6.45) is 1.57. The highest BCUT2D eigenvalue weighted by molar-refractivity contribution is 7.94. The molecule has 0 fully saturated rings. The Morgan fingerprint density at radius 3 is 2.33 bits per heavy atom. The predicted molar refractivity (Wildman–Crippen MR) is 82.0 cm³/mol. The van der Waals surface area contributed by atoms with Crippen LogP contribution in [0.3, 0.4) is 0 Å². The molecular formula is C15H19NO4S. The monoisotopic (exact) mass is 309 g/mol. The number of carbonyl (C=O) groups excluding carboxylic acids is 1. The third-order valence-electron chi connectivity index (χ3n) is 3.32. The molecule has 0 aromatic heterocycles. The van der Waals surface area contributed by atoms with Crippen LogP contribution in [0.25, 0.3) is 0 Å². The third kappa shape index (κ3) is 3.44. The van der Waals surface area contributed by atoms with Gasteiger partial charge in [-0.05, 0) is 30.3 Å². The minimum absolute atomic E-state index is 0.0719. The summed E-state index contributed by atoms with van der Waals surface area (Å²) in [6, 6.07) is 6.57. The molecule has 0 saturated carbocycles. The van der Waals surface area contributed by atoms with Crippen molar-refractivity contribution >= 4 is 21.4 Å². The van der Waals surface area contributed by atoms with Gasteiger partial charge < -0.3 is 9.64 Å². The number of rotatable bonds is 4. The van der Waals surface area contributed by atoms with Gasteiger partial charge in [0.2, 0.25) is 5.91 Å². The standard InChI is InChI=1S/C15H19NO4S/c1-11(2)15(17)16(13-8-9-21(18,19)10-13)12-4-6-14(20-3)7-5-12/h4-9,11,13H,10H2,1-3H3/t13-/m1/s1. The number of methoxy groups -OCH3 is 1. The smallest absolute Gasteiger partial charge is 0.230 e. The molecule has 0 N–H and O–H groups in total. The zero-order chi connectivity index (χ0) is 15.6. The molecule has 6 heteroatoms. The van der Waals surface area contributed by atoms with Crippen LogP contribution in [-0.2, 0) is 14.6 Å². The Labute approximate surface area is 125 Å². The van der Waals surface area contributed by atoms with Crippen molar-refractivity contribution in [2.24, 2.45) is 5.92 Å². The molecule has 1 amide bonds. The van der Waals surface area contributed by atoms with E-state index in [0.717, 1.165) is 0 Å². The van der Waals surface area contributed by atoms with Crippen molar-refractivity contribution in [3.05, 3.63) is 35.7 Å². The Balaban J connectivity index is 2.37. The number of ether oxygens (including phenoxy) is 1. The fourth-order valence-corrected chi connectivity index (χ4v) is 3.49. The summed E-state index contributed by atoms with van der Waals surface area (Å²) in [5, 5.41) is 1.18. The van der Waals surface area contributed by atoms with Crippen molar-refractivity contribution in [3.63, 3.8) is 0 Å². The quantitative estimate of drug-likeness (QED) is 0.853. The summed E-state index contributed by atoms with van der Waals surface area (Å²) in [5.74, 6) is 0.290. The molecule has 2 rings (SSSR count). The van der Waals surface area contributed by atoms with Gasteiger partial charge in [0.1, 0.15) is 5.75 Å². The van der Waals surface area contributed by atoms with Crippen molar-refractivity contribution < 1.29 is 17.9 Å². The summed E-state index contributed by atoms with van der Waals surface area (Å²) in [6.45, 7) is 3.60. The van der Waals surface area contributed by atoms with E-state index in [-0.39, 0.29) is 17.6 Å². The summed E-state index contributed by atoms with van der Waals surface area (Å²) in [7, 11) is -1.65. The van der Waals surface area contributed by atoms with Crippen molar-refractivity contribution in [1.82, 2.24) is 0 Å². The lowest BCUT2D eigenvalue weighted by molar-refractivity contribution is -0.121. The van der Waals surface area contributed by atoms with Crippen molar-refractivity contribution in [3.8, 4) is 5.75 Å². The van der Waals surface area contributed by atoms with Gasteiger partial charge in [-0.25, -0.2) is 8.42 Å². The van der Waals surface area contributed by atoms with Gasteiger partial charge >= 0.3 is 0 Å². The highest BCUT2D eigenvalue weighted by Gasteiger charge is 2.32. The highest BCUT2D eigenvalue weighted by atomic mass is 32.2. The number of carbonyl (C=O) groups is 1. The van der Waals surface area contributed by atoms with Gasteiger partial charge in [0.15, 0.2) is 9.84 Å². The Morgan fingerprint density at radius 1 is 1.29 bits per heavy atom. The molecule has 1 aliphatic heterocycles. The van der Waals surface area contributed by atoms with Crippen LogP contribution in [0, 0.1) is 5.92 Å². The van der Waals surface area contributed by atoms with E-state index in [0.29, 0.717) is 11.4 Å². The van der Waals surface area contributed by atoms with Crippen LogP contribution in [0.1, 0.15) is 13.8 Å². The molecule has 1 aromatic carbocycles. The van der Waals surface area contributed by atoms with Gasteiger partial charge in [-0.1, -0.05) is 13.8 Å². The van der Waals surface area contributed by atoms with E-state index >= 15 is 0 Å². The molecule has 1 aromatic rings. The zero-order valence-electron chi connectivity index (χ0n) is 12.3.